The number of aryl methyl sites for hydroxylation is 2. The summed E-state index contributed by atoms with van der Waals surface area (Å²) in [6, 6.07) is 6.49. The summed E-state index contributed by atoms with van der Waals surface area (Å²) in [5.74, 6) is -0.522. The summed E-state index contributed by atoms with van der Waals surface area (Å²) in [5.41, 5.74) is 1.60. The van der Waals surface area contributed by atoms with Crippen LogP contribution in [-0.2, 0) is 0 Å². The minimum absolute atomic E-state index is 0.195. The third kappa shape index (κ3) is 2.72. The average Bonchev–Trinajstić information content (AvgIpc) is 2.66. The van der Waals surface area contributed by atoms with Gasteiger partial charge >= 0.3 is 0 Å². The zero-order valence-corrected chi connectivity index (χ0v) is 12.9. The Hall–Kier alpha value is -0.950. The smallest absolute Gasteiger partial charge is 0.265 e. The van der Waals surface area contributed by atoms with Crippen molar-refractivity contribution >= 4 is 45.5 Å². The number of hydrogen-bond donors (Lipinski definition) is 1. The molecule has 2 aromatic rings. The molecule has 1 heterocycles. The molecule has 5 heteroatoms. The molecular weight excluding hydrogens is 364 g/mol. The van der Waals surface area contributed by atoms with Gasteiger partial charge in [-0.2, -0.15) is 0 Å². The highest BCUT2D eigenvalue weighted by molar-refractivity contribution is 14.1. The van der Waals surface area contributed by atoms with Crippen LogP contribution in [0, 0.1) is 23.2 Å². The molecule has 0 saturated heterocycles. The lowest BCUT2D eigenvalue weighted by Gasteiger charge is -2.06. The second-order valence-electron chi connectivity index (χ2n) is 3.91. The average molecular weight is 375 g/mol. The number of rotatable bonds is 2. The first-order chi connectivity index (χ1) is 8.49. The molecule has 18 heavy (non-hydrogen) atoms. The van der Waals surface area contributed by atoms with Crippen molar-refractivity contribution < 1.29 is 9.18 Å². The quantitative estimate of drug-likeness (QED) is 0.777. The predicted molar refractivity (Wildman–Crippen MR) is 80.9 cm³/mol. The highest BCUT2D eigenvalue weighted by Gasteiger charge is 2.13. The molecule has 0 atom stereocenters. The van der Waals surface area contributed by atoms with E-state index in [0.29, 0.717) is 14.1 Å². The molecule has 0 unspecified atom stereocenters. The Morgan fingerprint density at radius 3 is 2.72 bits per heavy atom. The molecule has 0 spiro atoms. The summed E-state index contributed by atoms with van der Waals surface area (Å²) in [7, 11) is 0. The maximum absolute atomic E-state index is 13.3. The van der Waals surface area contributed by atoms with Gasteiger partial charge in [0.15, 0.2) is 0 Å². The number of carbonyl (C=O) groups is 1. The second kappa shape index (κ2) is 5.36. The van der Waals surface area contributed by atoms with Crippen LogP contribution in [0.3, 0.4) is 0 Å². The minimum Gasteiger partial charge on any atom is -0.320 e. The number of hydrogen-bond acceptors (Lipinski definition) is 2. The van der Waals surface area contributed by atoms with Gasteiger partial charge in [-0.3, -0.25) is 4.79 Å². The molecular formula is C13H11FINOS. The van der Waals surface area contributed by atoms with Crippen molar-refractivity contribution in [2.24, 2.45) is 0 Å². The molecule has 0 fully saturated rings. The predicted octanol–water partition coefficient (Wildman–Crippen LogP) is 4.36. The fraction of sp³-hybridized carbons (Fsp3) is 0.154. The largest absolute Gasteiger partial charge is 0.320 e. The molecule has 1 N–H and O–H groups in total. The number of amides is 1. The normalized spacial score (nSPS) is 10.4. The number of benzene rings is 1. The van der Waals surface area contributed by atoms with Gasteiger partial charge in [-0.15, -0.1) is 11.3 Å². The van der Waals surface area contributed by atoms with E-state index in [4.69, 9.17) is 0 Å². The van der Waals surface area contributed by atoms with Gasteiger partial charge in [0, 0.05) is 4.88 Å². The second-order valence-corrected chi connectivity index (χ2v) is 6.24. The van der Waals surface area contributed by atoms with Crippen LogP contribution in [0.4, 0.5) is 10.1 Å². The van der Waals surface area contributed by atoms with E-state index in [9.17, 15) is 9.18 Å². The first-order valence-corrected chi connectivity index (χ1v) is 7.21. The summed E-state index contributed by atoms with van der Waals surface area (Å²) >= 11 is 3.33. The number of nitrogens with one attached hydrogen (secondary N) is 1. The van der Waals surface area contributed by atoms with E-state index in [2.05, 4.69) is 5.32 Å². The highest BCUT2D eigenvalue weighted by atomic mass is 127. The Balaban J connectivity index is 2.24. The zero-order valence-electron chi connectivity index (χ0n) is 9.88. The van der Waals surface area contributed by atoms with E-state index >= 15 is 0 Å². The number of anilines is 1. The van der Waals surface area contributed by atoms with Crippen LogP contribution in [-0.4, -0.2) is 5.91 Å². The van der Waals surface area contributed by atoms with Crippen molar-refractivity contribution in [3.8, 4) is 0 Å². The van der Waals surface area contributed by atoms with Crippen molar-refractivity contribution in [2.75, 3.05) is 5.32 Å². The van der Waals surface area contributed by atoms with E-state index in [1.165, 1.54) is 17.4 Å². The van der Waals surface area contributed by atoms with Gasteiger partial charge in [0.25, 0.3) is 5.91 Å². The third-order valence-electron chi connectivity index (χ3n) is 2.59. The maximum atomic E-state index is 13.3. The van der Waals surface area contributed by atoms with E-state index in [1.807, 2.05) is 42.5 Å². The molecule has 1 amide bonds. The summed E-state index contributed by atoms with van der Waals surface area (Å²) in [4.78, 5) is 13.8. The summed E-state index contributed by atoms with van der Waals surface area (Å²) in [5, 5.41) is 2.73. The first kappa shape index (κ1) is 13.5. The molecule has 1 aromatic heterocycles. The van der Waals surface area contributed by atoms with Crippen molar-refractivity contribution in [3.05, 3.63) is 49.0 Å². The van der Waals surface area contributed by atoms with Crippen LogP contribution < -0.4 is 5.32 Å². The Morgan fingerprint density at radius 1 is 1.39 bits per heavy atom. The molecule has 94 valence electrons. The van der Waals surface area contributed by atoms with Crippen LogP contribution >= 0.6 is 33.9 Å². The molecule has 0 aliphatic heterocycles. The number of thiophene rings is 1. The van der Waals surface area contributed by atoms with Crippen molar-refractivity contribution in [1.82, 2.24) is 0 Å². The van der Waals surface area contributed by atoms with Crippen LogP contribution in [0.15, 0.2) is 24.3 Å². The van der Waals surface area contributed by atoms with Crippen LogP contribution in [0.25, 0.3) is 0 Å². The Labute approximate surface area is 122 Å². The van der Waals surface area contributed by atoms with Crippen molar-refractivity contribution in [3.63, 3.8) is 0 Å². The molecule has 0 bridgehead atoms. The monoisotopic (exact) mass is 375 g/mol. The van der Waals surface area contributed by atoms with Gasteiger partial charge in [0.1, 0.15) is 5.82 Å². The SMILES string of the molecule is Cc1cc(C(=O)Nc2cccc(F)c2I)sc1C. The lowest BCUT2D eigenvalue weighted by Crippen LogP contribution is -2.11. The van der Waals surface area contributed by atoms with E-state index < -0.39 is 0 Å². The molecule has 0 saturated carbocycles. The first-order valence-electron chi connectivity index (χ1n) is 5.31. The Bertz CT molecular complexity index is 590. The van der Waals surface area contributed by atoms with Crippen LogP contribution in [0.1, 0.15) is 20.1 Å². The van der Waals surface area contributed by atoms with Crippen LogP contribution in [0.2, 0.25) is 0 Å². The summed E-state index contributed by atoms with van der Waals surface area (Å²) in [6.45, 7) is 3.94. The maximum Gasteiger partial charge on any atom is 0.265 e. The number of halogens is 2. The van der Waals surface area contributed by atoms with Gasteiger partial charge < -0.3 is 5.32 Å². The van der Waals surface area contributed by atoms with Gasteiger partial charge in [-0.05, 0) is 60.2 Å². The lowest BCUT2D eigenvalue weighted by molar-refractivity contribution is 0.103. The summed E-state index contributed by atoms with van der Waals surface area (Å²) < 4.78 is 13.8. The van der Waals surface area contributed by atoms with Crippen LogP contribution in [0.5, 0.6) is 0 Å². The lowest BCUT2D eigenvalue weighted by atomic mass is 10.2. The van der Waals surface area contributed by atoms with Gasteiger partial charge in [-0.25, -0.2) is 4.39 Å². The van der Waals surface area contributed by atoms with Crippen molar-refractivity contribution in [2.45, 2.75) is 13.8 Å². The topological polar surface area (TPSA) is 29.1 Å². The zero-order chi connectivity index (χ0) is 13.3. The van der Waals surface area contributed by atoms with E-state index in [0.717, 1.165) is 10.4 Å². The van der Waals surface area contributed by atoms with E-state index in [1.54, 1.807) is 12.1 Å². The molecule has 0 aliphatic rings. The molecule has 0 radical (unpaired) electrons. The minimum atomic E-state index is -0.327. The fourth-order valence-electron chi connectivity index (χ4n) is 1.47. The van der Waals surface area contributed by atoms with Gasteiger partial charge in [0.05, 0.1) is 14.1 Å². The number of carbonyl (C=O) groups excluding carboxylic acids is 1. The Kier molecular flexibility index (Phi) is 4.01. The molecule has 0 aliphatic carbocycles. The van der Waals surface area contributed by atoms with Crippen molar-refractivity contribution in [1.29, 1.82) is 0 Å². The highest BCUT2D eigenvalue weighted by Crippen LogP contribution is 2.24. The molecule has 1 aromatic carbocycles. The van der Waals surface area contributed by atoms with Gasteiger partial charge in [0.2, 0.25) is 0 Å². The summed E-state index contributed by atoms with van der Waals surface area (Å²) in [6.07, 6.45) is 0. The molecule has 2 rings (SSSR count). The Morgan fingerprint density at radius 2 is 2.11 bits per heavy atom. The van der Waals surface area contributed by atoms with E-state index in [-0.39, 0.29) is 11.7 Å². The van der Waals surface area contributed by atoms with Gasteiger partial charge in [-0.1, -0.05) is 6.07 Å². The fourth-order valence-corrected chi connectivity index (χ4v) is 2.89. The molecule has 2 nitrogen and oxygen atoms in total. The third-order valence-corrected chi connectivity index (χ3v) is 4.84. The standard InChI is InChI=1S/C13H11FINOS/c1-7-6-11(18-8(7)2)13(17)16-10-5-3-4-9(14)12(10)15/h3-6H,1-2H3,(H,16,17).